The Bertz CT molecular complexity index is 568. The first kappa shape index (κ1) is 12.9. The first-order valence-electron chi connectivity index (χ1n) is 5.92. The molecule has 0 aliphatic rings. The van der Waals surface area contributed by atoms with Crippen LogP contribution in [0.15, 0.2) is 24.7 Å². The number of hydrogen-bond acceptors (Lipinski definition) is 6. The van der Waals surface area contributed by atoms with Crippen LogP contribution in [0.4, 0.5) is 11.8 Å². The van der Waals surface area contributed by atoms with Gasteiger partial charge in [0.2, 0.25) is 6.33 Å². The van der Waals surface area contributed by atoms with E-state index in [1.165, 1.54) is 11.0 Å². The van der Waals surface area contributed by atoms with Crippen molar-refractivity contribution in [3.05, 3.63) is 40.3 Å². The summed E-state index contributed by atoms with van der Waals surface area (Å²) in [6, 6.07) is 3.72. The fourth-order valence-electron chi connectivity index (χ4n) is 1.59. The van der Waals surface area contributed by atoms with Crippen molar-refractivity contribution in [3.8, 4) is 0 Å². The van der Waals surface area contributed by atoms with Gasteiger partial charge in [-0.3, -0.25) is 0 Å². The third kappa shape index (κ3) is 3.24. The molecule has 0 amide bonds. The van der Waals surface area contributed by atoms with Gasteiger partial charge in [-0.25, -0.2) is 4.98 Å². The van der Waals surface area contributed by atoms with E-state index in [1.807, 2.05) is 12.1 Å². The molecule has 8 nitrogen and oxygen atoms in total. The number of anilines is 1. The van der Waals surface area contributed by atoms with Gasteiger partial charge in [0.25, 0.3) is 0 Å². The Morgan fingerprint density at radius 1 is 1.47 bits per heavy atom. The van der Waals surface area contributed by atoms with Gasteiger partial charge in [-0.2, -0.15) is 4.68 Å². The Morgan fingerprint density at radius 2 is 2.32 bits per heavy atom. The number of nitrogens with zero attached hydrogens (tertiary/aromatic N) is 5. The van der Waals surface area contributed by atoms with Crippen molar-refractivity contribution >= 4 is 11.8 Å². The molecule has 2 aromatic rings. The lowest BCUT2D eigenvalue weighted by Crippen LogP contribution is -2.08. The summed E-state index contributed by atoms with van der Waals surface area (Å²) in [6.07, 6.45) is 4.03. The van der Waals surface area contributed by atoms with Gasteiger partial charge in [-0.1, -0.05) is 18.0 Å². The van der Waals surface area contributed by atoms with E-state index in [2.05, 4.69) is 27.3 Å². The molecular formula is C11H14N6O2. The van der Waals surface area contributed by atoms with Crippen LogP contribution < -0.4 is 5.32 Å². The molecule has 19 heavy (non-hydrogen) atoms. The lowest BCUT2D eigenvalue weighted by molar-refractivity contribution is -0.394. The van der Waals surface area contributed by atoms with E-state index >= 15 is 0 Å². The van der Waals surface area contributed by atoms with Crippen LogP contribution in [0.25, 0.3) is 0 Å². The number of rotatable bonds is 6. The topological polar surface area (TPSA) is 98.8 Å². The summed E-state index contributed by atoms with van der Waals surface area (Å²) in [5.41, 5.74) is 0.913. The van der Waals surface area contributed by atoms with Crippen molar-refractivity contribution in [2.75, 3.05) is 11.9 Å². The number of nitrogens with one attached hydrogen (secondary N) is 1. The Kier molecular flexibility index (Phi) is 4.01. The summed E-state index contributed by atoms with van der Waals surface area (Å²) >= 11 is 0. The molecule has 0 aliphatic carbocycles. The van der Waals surface area contributed by atoms with Crippen LogP contribution >= 0.6 is 0 Å². The highest BCUT2D eigenvalue weighted by Gasteiger charge is 2.14. The zero-order valence-electron chi connectivity index (χ0n) is 10.5. The fraction of sp³-hybridized carbons (Fsp3) is 0.364. The Labute approximate surface area is 109 Å². The van der Waals surface area contributed by atoms with Crippen LogP contribution in [-0.4, -0.2) is 31.2 Å². The fourth-order valence-corrected chi connectivity index (χ4v) is 1.59. The van der Waals surface area contributed by atoms with Crippen LogP contribution in [0.2, 0.25) is 0 Å². The number of pyridine rings is 1. The van der Waals surface area contributed by atoms with Gasteiger partial charge in [0, 0.05) is 23.4 Å². The molecule has 0 radical (unpaired) electrons. The summed E-state index contributed by atoms with van der Waals surface area (Å²) in [6.45, 7) is 3.28. The third-order valence-electron chi connectivity index (χ3n) is 2.45. The van der Waals surface area contributed by atoms with Crippen LogP contribution in [0.3, 0.4) is 0 Å². The summed E-state index contributed by atoms with van der Waals surface area (Å²) < 4.78 is 1.42. The van der Waals surface area contributed by atoms with Gasteiger partial charge >= 0.3 is 5.95 Å². The van der Waals surface area contributed by atoms with Crippen molar-refractivity contribution in [3.63, 3.8) is 0 Å². The SMILES string of the molecule is CCCNc1ncccc1Cn1cnc([N+](=O)[O-])n1. The van der Waals surface area contributed by atoms with Crippen molar-refractivity contribution in [1.82, 2.24) is 19.7 Å². The molecule has 0 saturated heterocycles. The maximum atomic E-state index is 10.5. The van der Waals surface area contributed by atoms with Crippen molar-refractivity contribution < 1.29 is 4.92 Å². The molecule has 8 heteroatoms. The molecule has 0 spiro atoms. The van der Waals surface area contributed by atoms with E-state index in [-0.39, 0.29) is 0 Å². The van der Waals surface area contributed by atoms with Crippen LogP contribution in [-0.2, 0) is 6.54 Å². The Morgan fingerprint density at radius 3 is 3.00 bits per heavy atom. The lowest BCUT2D eigenvalue weighted by atomic mass is 10.2. The van der Waals surface area contributed by atoms with Gasteiger partial charge in [-0.15, -0.1) is 0 Å². The third-order valence-corrected chi connectivity index (χ3v) is 2.45. The zero-order valence-corrected chi connectivity index (χ0v) is 10.5. The van der Waals surface area contributed by atoms with E-state index in [0.29, 0.717) is 6.54 Å². The smallest absolute Gasteiger partial charge is 0.390 e. The maximum Gasteiger partial charge on any atom is 0.490 e. The van der Waals surface area contributed by atoms with Gasteiger partial charge in [0.05, 0.1) is 6.54 Å². The van der Waals surface area contributed by atoms with Crippen molar-refractivity contribution in [2.45, 2.75) is 19.9 Å². The highest BCUT2D eigenvalue weighted by atomic mass is 16.6. The predicted octanol–water partition coefficient (Wildman–Crippen LogP) is 1.45. The quantitative estimate of drug-likeness (QED) is 0.625. The van der Waals surface area contributed by atoms with E-state index in [1.54, 1.807) is 6.20 Å². The molecule has 2 aromatic heterocycles. The molecule has 100 valence electrons. The minimum Gasteiger partial charge on any atom is -0.390 e. The van der Waals surface area contributed by atoms with E-state index in [4.69, 9.17) is 0 Å². The molecule has 0 fully saturated rings. The first-order chi connectivity index (χ1) is 9.20. The molecule has 0 saturated carbocycles. The van der Waals surface area contributed by atoms with E-state index in [0.717, 1.165) is 24.3 Å². The average molecular weight is 262 g/mol. The maximum absolute atomic E-state index is 10.5. The van der Waals surface area contributed by atoms with Gasteiger partial charge in [0.1, 0.15) is 5.82 Å². The standard InChI is InChI=1S/C11H14N6O2/c1-2-5-12-10-9(4-3-6-13-10)7-16-8-14-11(15-16)17(18)19/h3-4,6,8H,2,5,7H2,1H3,(H,12,13). The molecule has 1 N–H and O–H groups in total. The van der Waals surface area contributed by atoms with Crippen molar-refractivity contribution in [2.24, 2.45) is 0 Å². The Hall–Kier alpha value is -2.51. The second-order valence-corrected chi connectivity index (χ2v) is 3.94. The molecule has 0 aliphatic heterocycles. The number of nitro groups is 1. The molecule has 2 rings (SSSR count). The highest BCUT2D eigenvalue weighted by molar-refractivity contribution is 5.43. The Balaban J connectivity index is 2.15. The summed E-state index contributed by atoms with van der Waals surface area (Å²) in [7, 11) is 0. The second kappa shape index (κ2) is 5.89. The van der Waals surface area contributed by atoms with Gasteiger partial charge in [0.15, 0.2) is 0 Å². The molecule has 0 atom stereocenters. The van der Waals surface area contributed by atoms with Gasteiger partial charge in [-0.05, 0) is 17.4 Å². The number of hydrogen-bond donors (Lipinski definition) is 1. The molecule has 2 heterocycles. The molecule has 0 bridgehead atoms. The number of aromatic nitrogens is 4. The van der Waals surface area contributed by atoms with Crippen LogP contribution in [0.1, 0.15) is 18.9 Å². The largest absolute Gasteiger partial charge is 0.490 e. The summed E-state index contributed by atoms with van der Waals surface area (Å²) in [5, 5.41) is 17.5. The second-order valence-electron chi connectivity index (χ2n) is 3.94. The van der Waals surface area contributed by atoms with Gasteiger partial charge < -0.3 is 15.4 Å². The predicted molar refractivity (Wildman–Crippen MR) is 68.8 cm³/mol. The normalized spacial score (nSPS) is 10.4. The van der Waals surface area contributed by atoms with E-state index < -0.39 is 10.9 Å². The molecule has 0 unspecified atom stereocenters. The summed E-state index contributed by atoms with van der Waals surface area (Å²) in [5.74, 6) is 0.370. The zero-order chi connectivity index (χ0) is 13.7. The lowest BCUT2D eigenvalue weighted by Gasteiger charge is -2.08. The molecule has 0 aromatic carbocycles. The minimum absolute atomic E-state index is 0.390. The average Bonchev–Trinajstić information content (AvgIpc) is 2.86. The summed E-state index contributed by atoms with van der Waals surface area (Å²) in [4.78, 5) is 17.8. The highest BCUT2D eigenvalue weighted by Crippen LogP contribution is 2.13. The van der Waals surface area contributed by atoms with Crippen molar-refractivity contribution in [1.29, 1.82) is 0 Å². The minimum atomic E-state index is -0.615. The van der Waals surface area contributed by atoms with Crippen LogP contribution in [0.5, 0.6) is 0 Å². The molecular weight excluding hydrogens is 248 g/mol. The van der Waals surface area contributed by atoms with E-state index in [9.17, 15) is 10.1 Å². The monoisotopic (exact) mass is 262 g/mol. The van der Waals surface area contributed by atoms with Crippen LogP contribution in [0, 0.1) is 10.1 Å². The first-order valence-corrected chi connectivity index (χ1v) is 5.92.